The number of carbonyl (C=O) groups excluding carboxylic acids is 1. The summed E-state index contributed by atoms with van der Waals surface area (Å²) in [4.78, 5) is 13.8. The number of nitrogens with one attached hydrogen (secondary N) is 1. The first-order valence-corrected chi connectivity index (χ1v) is 16.7. The summed E-state index contributed by atoms with van der Waals surface area (Å²) in [6, 6.07) is 0.0596. The Hall–Kier alpha value is -1.13. The molecule has 0 aliphatic heterocycles. The number of allylic oxidation sites excluding steroid dienone is 1. The van der Waals surface area contributed by atoms with Gasteiger partial charge >= 0.3 is 0 Å². The summed E-state index contributed by atoms with van der Waals surface area (Å²) in [5.41, 5.74) is 2.16. The molecular formula is C36H57NO3. The van der Waals surface area contributed by atoms with E-state index in [0.29, 0.717) is 46.3 Å². The zero-order valence-electron chi connectivity index (χ0n) is 26.2. The third kappa shape index (κ3) is 3.93. The minimum Gasteiger partial charge on any atom is -0.396 e. The smallest absolute Gasteiger partial charge is 0.223 e. The zero-order chi connectivity index (χ0) is 28.8. The van der Waals surface area contributed by atoms with Crippen LogP contribution in [0.1, 0.15) is 106 Å². The predicted octanol–water partition coefficient (Wildman–Crippen LogP) is 6.91. The quantitative estimate of drug-likeness (QED) is 0.332. The molecule has 5 saturated carbocycles. The summed E-state index contributed by atoms with van der Waals surface area (Å²) in [6.45, 7) is 19.5. The standard InChI is InChI=1S/C36H57NO3/c1-21(2)25-19-26(32(40)37-23-9-8-22(18-23)20-38)24-12-16-35(6)27(31(24)25)10-11-29-34(5)15-14-30(39)33(3,4)28(34)13-17-36(29,35)7/h8-9,22-31,38-39H,1,10-20H2,2-7H3,(H,37,40)/t22?,23?,24?,25-,26+,27+,28-,29+,30-,31+,34-,35+,36+/m0/s1. The molecule has 0 aromatic rings. The third-order valence-corrected chi connectivity index (χ3v) is 15.1. The molecule has 1 amide bonds. The first-order chi connectivity index (χ1) is 18.8. The number of hydrogen-bond donors (Lipinski definition) is 3. The molecule has 4 heteroatoms. The van der Waals surface area contributed by atoms with Crippen LogP contribution in [0.2, 0.25) is 0 Å². The van der Waals surface area contributed by atoms with Gasteiger partial charge < -0.3 is 15.5 Å². The van der Waals surface area contributed by atoms with Gasteiger partial charge in [0.15, 0.2) is 0 Å². The van der Waals surface area contributed by atoms with Gasteiger partial charge in [-0.15, -0.1) is 0 Å². The molecule has 0 radical (unpaired) electrons. The molecule has 0 saturated heterocycles. The molecular weight excluding hydrogens is 494 g/mol. The molecule has 4 nitrogen and oxygen atoms in total. The van der Waals surface area contributed by atoms with E-state index in [1.807, 2.05) is 0 Å². The highest BCUT2D eigenvalue weighted by Crippen LogP contribution is 2.76. The van der Waals surface area contributed by atoms with Crippen LogP contribution < -0.4 is 5.32 Å². The lowest BCUT2D eigenvalue weighted by Gasteiger charge is -2.72. The third-order valence-electron chi connectivity index (χ3n) is 15.1. The average Bonchev–Trinajstić information content (AvgIpc) is 3.51. The largest absolute Gasteiger partial charge is 0.396 e. The van der Waals surface area contributed by atoms with Crippen molar-refractivity contribution in [3.8, 4) is 0 Å². The summed E-state index contributed by atoms with van der Waals surface area (Å²) < 4.78 is 0. The molecule has 13 atom stereocenters. The minimum atomic E-state index is -0.176. The Balaban J connectivity index is 1.27. The number of aliphatic hydroxyl groups is 2. The van der Waals surface area contributed by atoms with Gasteiger partial charge in [0.1, 0.15) is 0 Å². The second-order valence-corrected chi connectivity index (χ2v) is 16.8. The van der Waals surface area contributed by atoms with Crippen LogP contribution in [0.5, 0.6) is 0 Å². The fourth-order valence-electron chi connectivity index (χ4n) is 12.8. The van der Waals surface area contributed by atoms with Gasteiger partial charge in [-0.3, -0.25) is 4.79 Å². The van der Waals surface area contributed by atoms with Crippen molar-refractivity contribution < 1.29 is 15.0 Å². The van der Waals surface area contributed by atoms with Gasteiger partial charge in [-0.2, -0.15) is 0 Å². The maximum Gasteiger partial charge on any atom is 0.223 e. The van der Waals surface area contributed by atoms with Crippen molar-refractivity contribution in [2.24, 2.45) is 69.0 Å². The number of amides is 1. The van der Waals surface area contributed by atoms with Crippen molar-refractivity contribution in [1.29, 1.82) is 0 Å². The molecule has 5 fully saturated rings. The van der Waals surface area contributed by atoms with E-state index in [1.54, 1.807) is 0 Å². The van der Waals surface area contributed by atoms with Crippen LogP contribution in [0.4, 0.5) is 0 Å². The van der Waals surface area contributed by atoms with Crippen LogP contribution in [0, 0.1) is 69.0 Å². The molecule has 0 spiro atoms. The van der Waals surface area contributed by atoms with E-state index >= 15 is 0 Å². The molecule has 6 aliphatic rings. The predicted molar refractivity (Wildman–Crippen MR) is 161 cm³/mol. The van der Waals surface area contributed by atoms with E-state index < -0.39 is 0 Å². The van der Waals surface area contributed by atoms with Crippen LogP contribution >= 0.6 is 0 Å². The second-order valence-electron chi connectivity index (χ2n) is 16.8. The van der Waals surface area contributed by atoms with Crippen molar-refractivity contribution in [2.45, 2.75) is 118 Å². The Labute approximate surface area is 243 Å². The Morgan fingerprint density at radius 3 is 2.30 bits per heavy atom. The summed E-state index contributed by atoms with van der Waals surface area (Å²) in [5.74, 6) is 3.90. The molecule has 40 heavy (non-hydrogen) atoms. The van der Waals surface area contributed by atoms with E-state index in [1.165, 1.54) is 44.1 Å². The van der Waals surface area contributed by atoms with Crippen LogP contribution in [0.15, 0.2) is 24.3 Å². The lowest BCUT2D eigenvalue weighted by molar-refractivity contribution is -0.241. The molecule has 0 aromatic heterocycles. The number of hydrogen-bond acceptors (Lipinski definition) is 3. The molecule has 3 N–H and O–H groups in total. The number of carbonyl (C=O) groups is 1. The van der Waals surface area contributed by atoms with Gasteiger partial charge in [0, 0.05) is 24.5 Å². The number of rotatable bonds is 4. The molecule has 0 bridgehead atoms. The maximum absolute atomic E-state index is 13.8. The Kier molecular flexibility index (Phi) is 7.02. The van der Waals surface area contributed by atoms with E-state index in [4.69, 9.17) is 0 Å². The lowest BCUT2D eigenvalue weighted by Crippen LogP contribution is -2.66. The molecule has 3 unspecified atom stereocenters. The topological polar surface area (TPSA) is 69.6 Å². The van der Waals surface area contributed by atoms with Gasteiger partial charge in [0.05, 0.1) is 6.10 Å². The normalized spacial score (nSPS) is 52.7. The highest BCUT2D eigenvalue weighted by molar-refractivity contribution is 5.80. The molecule has 0 aromatic carbocycles. The van der Waals surface area contributed by atoms with Crippen LogP contribution in [0.25, 0.3) is 0 Å². The van der Waals surface area contributed by atoms with Crippen molar-refractivity contribution in [3.05, 3.63) is 24.3 Å². The number of aliphatic hydroxyl groups excluding tert-OH is 2. The van der Waals surface area contributed by atoms with E-state index in [9.17, 15) is 15.0 Å². The Morgan fingerprint density at radius 2 is 1.62 bits per heavy atom. The first-order valence-electron chi connectivity index (χ1n) is 16.7. The molecule has 224 valence electrons. The summed E-state index contributed by atoms with van der Waals surface area (Å²) in [7, 11) is 0. The van der Waals surface area contributed by atoms with Crippen molar-refractivity contribution in [3.63, 3.8) is 0 Å². The monoisotopic (exact) mass is 551 g/mol. The van der Waals surface area contributed by atoms with Gasteiger partial charge in [0.2, 0.25) is 5.91 Å². The molecule has 6 rings (SSSR count). The number of fused-ring (bicyclic) bond motifs is 7. The van der Waals surface area contributed by atoms with Gasteiger partial charge in [-0.1, -0.05) is 58.9 Å². The zero-order valence-corrected chi connectivity index (χ0v) is 26.2. The summed E-state index contributed by atoms with van der Waals surface area (Å²) in [6.07, 6.45) is 15.4. The summed E-state index contributed by atoms with van der Waals surface area (Å²) in [5, 5.41) is 23.9. The molecule has 0 heterocycles. The van der Waals surface area contributed by atoms with Gasteiger partial charge in [0.25, 0.3) is 0 Å². The first kappa shape index (κ1) is 29.0. The summed E-state index contributed by atoms with van der Waals surface area (Å²) >= 11 is 0. The SMILES string of the molecule is C=C(C)[C@@H]1C[C@@H](C(=O)NC2C=CC(CO)C2)C2CC[C@]3(C)[C@H](CC[C@@H]4[C@@]5(C)CC[C@H](O)C(C)(C)[C@@H]5CC[C@]43C)[C@H]21. The van der Waals surface area contributed by atoms with Crippen LogP contribution in [-0.2, 0) is 4.79 Å². The fourth-order valence-corrected chi connectivity index (χ4v) is 12.8. The van der Waals surface area contributed by atoms with Crippen molar-refractivity contribution in [1.82, 2.24) is 5.32 Å². The van der Waals surface area contributed by atoms with E-state index in [0.717, 1.165) is 25.7 Å². The fraction of sp³-hybridized carbons (Fsp3) is 0.861. The van der Waals surface area contributed by atoms with E-state index in [-0.39, 0.29) is 47.3 Å². The van der Waals surface area contributed by atoms with Gasteiger partial charge in [-0.25, -0.2) is 0 Å². The van der Waals surface area contributed by atoms with Crippen LogP contribution in [0.3, 0.4) is 0 Å². The van der Waals surface area contributed by atoms with Crippen molar-refractivity contribution in [2.75, 3.05) is 6.61 Å². The molecule has 6 aliphatic carbocycles. The lowest BCUT2D eigenvalue weighted by atomic mass is 9.33. The van der Waals surface area contributed by atoms with Crippen LogP contribution in [-0.4, -0.2) is 34.9 Å². The second kappa shape index (κ2) is 9.69. The van der Waals surface area contributed by atoms with Crippen molar-refractivity contribution >= 4 is 5.91 Å². The maximum atomic E-state index is 13.8. The highest BCUT2D eigenvalue weighted by Gasteiger charge is 2.69. The highest BCUT2D eigenvalue weighted by atomic mass is 16.3. The average molecular weight is 552 g/mol. The van der Waals surface area contributed by atoms with Gasteiger partial charge in [-0.05, 0) is 128 Å². The Morgan fingerprint density at radius 1 is 0.900 bits per heavy atom. The Bertz CT molecular complexity index is 1060. The van der Waals surface area contributed by atoms with E-state index in [2.05, 4.69) is 65.6 Å². The minimum absolute atomic E-state index is 0.00741.